The third kappa shape index (κ3) is 4.68. The van der Waals surface area contributed by atoms with E-state index >= 15 is 0 Å². The van der Waals surface area contributed by atoms with Gasteiger partial charge in [-0.1, -0.05) is 23.7 Å². The van der Waals surface area contributed by atoms with Crippen LogP contribution in [0.2, 0.25) is 5.02 Å². The van der Waals surface area contributed by atoms with Crippen LogP contribution in [-0.4, -0.2) is 26.6 Å². The highest BCUT2D eigenvalue weighted by Crippen LogP contribution is 2.19. The summed E-state index contributed by atoms with van der Waals surface area (Å²) in [5.74, 6) is -0.803. The highest BCUT2D eigenvalue weighted by Gasteiger charge is 2.14. The number of amides is 2. The summed E-state index contributed by atoms with van der Waals surface area (Å²) in [6, 6.07) is 15.1. The molecule has 0 saturated carbocycles. The van der Waals surface area contributed by atoms with Crippen LogP contribution in [0.5, 0.6) is 0 Å². The molecule has 9 heteroatoms. The van der Waals surface area contributed by atoms with E-state index in [0.717, 1.165) is 0 Å². The van der Waals surface area contributed by atoms with Crippen LogP contribution in [0.4, 0.5) is 11.4 Å². The van der Waals surface area contributed by atoms with Crippen molar-refractivity contribution in [2.45, 2.75) is 6.54 Å². The Morgan fingerprint density at radius 2 is 1.85 bits per heavy atom. The van der Waals surface area contributed by atoms with E-state index in [1.807, 2.05) is 0 Å². The SMILES string of the molecule is N#Cc1ncn(CC(=O)Nc2ccccc2C(=O)Nc2ccc(Cl)cc2)n1. The first-order valence-electron chi connectivity index (χ1n) is 7.80. The summed E-state index contributed by atoms with van der Waals surface area (Å²) in [4.78, 5) is 28.5. The Morgan fingerprint density at radius 3 is 2.56 bits per heavy atom. The number of nitriles is 1. The fourth-order valence-corrected chi connectivity index (χ4v) is 2.41. The quantitative estimate of drug-likeness (QED) is 0.706. The lowest BCUT2D eigenvalue weighted by Crippen LogP contribution is -2.22. The molecule has 1 heterocycles. The van der Waals surface area contributed by atoms with E-state index in [9.17, 15) is 9.59 Å². The van der Waals surface area contributed by atoms with Crippen molar-refractivity contribution >= 4 is 34.8 Å². The van der Waals surface area contributed by atoms with E-state index in [1.165, 1.54) is 11.0 Å². The van der Waals surface area contributed by atoms with Gasteiger partial charge in [0.25, 0.3) is 11.7 Å². The number of halogens is 1. The van der Waals surface area contributed by atoms with Crippen molar-refractivity contribution in [3.05, 3.63) is 71.3 Å². The predicted octanol–water partition coefficient (Wildman–Crippen LogP) is 2.69. The Bertz CT molecular complexity index is 1020. The fraction of sp³-hybridized carbons (Fsp3) is 0.0556. The van der Waals surface area contributed by atoms with Gasteiger partial charge in [-0.2, -0.15) is 5.26 Å². The molecule has 8 nitrogen and oxygen atoms in total. The number of anilines is 2. The largest absolute Gasteiger partial charge is 0.324 e. The first kappa shape index (κ1) is 18.1. The van der Waals surface area contributed by atoms with Gasteiger partial charge in [0.15, 0.2) is 0 Å². The number of nitrogens with one attached hydrogen (secondary N) is 2. The average molecular weight is 381 g/mol. The number of aromatic nitrogens is 3. The first-order chi connectivity index (χ1) is 13.0. The van der Waals surface area contributed by atoms with Gasteiger partial charge in [0.2, 0.25) is 5.91 Å². The number of rotatable bonds is 5. The second-order valence-electron chi connectivity index (χ2n) is 5.43. The van der Waals surface area contributed by atoms with Gasteiger partial charge in [-0.25, -0.2) is 9.67 Å². The summed E-state index contributed by atoms with van der Waals surface area (Å²) in [7, 11) is 0. The maximum absolute atomic E-state index is 12.5. The van der Waals surface area contributed by atoms with E-state index in [1.54, 1.807) is 54.6 Å². The first-order valence-corrected chi connectivity index (χ1v) is 8.18. The molecule has 0 spiro atoms. The second kappa shape index (κ2) is 8.12. The zero-order chi connectivity index (χ0) is 19.2. The molecule has 2 N–H and O–H groups in total. The molecule has 0 bridgehead atoms. The number of hydrogen-bond acceptors (Lipinski definition) is 5. The lowest BCUT2D eigenvalue weighted by Gasteiger charge is -2.11. The molecule has 134 valence electrons. The maximum atomic E-state index is 12.5. The second-order valence-corrected chi connectivity index (χ2v) is 5.87. The predicted molar refractivity (Wildman–Crippen MR) is 99.2 cm³/mol. The van der Waals surface area contributed by atoms with Crippen molar-refractivity contribution in [3.63, 3.8) is 0 Å². The van der Waals surface area contributed by atoms with Crippen molar-refractivity contribution in [1.29, 1.82) is 5.26 Å². The third-order valence-corrected chi connectivity index (χ3v) is 3.74. The molecular weight excluding hydrogens is 368 g/mol. The molecule has 2 aromatic carbocycles. The van der Waals surface area contributed by atoms with E-state index < -0.39 is 5.91 Å². The standard InChI is InChI=1S/C18H13ClN6O2/c19-12-5-7-13(8-6-12)22-18(27)14-3-1-2-4-15(14)23-17(26)10-25-11-21-16(9-20)24-25/h1-8,11H,10H2,(H,22,27)(H,23,26). The van der Waals surface area contributed by atoms with Crippen LogP contribution in [0.25, 0.3) is 0 Å². The van der Waals surface area contributed by atoms with Crippen LogP contribution < -0.4 is 10.6 Å². The lowest BCUT2D eigenvalue weighted by atomic mass is 10.1. The minimum atomic E-state index is -0.406. The molecule has 0 fully saturated rings. The molecule has 2 amide bonds. The number of para-hydroxylation sites is 1. The monoisotopic (exact) mass is 380 g/mol. The van der Waals surface area contributed by atoms with Crippen LogP contribution in [0.3, 0.4) is 0 Å². The molecular formula is C18H13ClN6O2. The molecule has 0 radical (unpaired) electrons. The topological polar surface area (TPSA) is 113 Å². The third-order valence-electron chi connectivity index (χ3n) is 3.49. The Kier molecular flexibility index (Phi) is 5.44. The van der Waals surface area contributed by atoms with Crippen LogP contribution in [0.1, 0.15) is 16.2 Å². The van der Waals surface area contributed by atoms with Crippen molar-refractivity contribution in [3.8, 4) is 6.07 Å². The molecule has 0 saturated heterocycles. The molecule has 0 atom stereocenters. The molecule has 0 unspecified atom stereocenters. The number of carbonyl (C=O) groups excluding carboxylic acids is 2. The Labute approximate surface area is 159 Å². The summed E-state index contributed by atoms with van der Waals surface area (Å²) in [5.41, 5.74) is 1.24. The van der Waals surface area contributed by atoms with Crippen molar-refractivity contribution in [2.75, 3.05) is 10.6 Å². The minimum Gasteiger partial charge on any atom is -0.324 e. The summed E-state index contributed by atoms with van der Waals surface area (Å²) in [6.07, 6.45) is 1.29. The highest BCUT2D eigenvalue weighted by atomic mass is 35.5. The van der Waals surface area contributed by atoms with Gasteiger partial charge < -0.3 is 10.6 Å². The maximum Gasteiger partial charge on any atom is 0.257 e. The van der Waals surface area contributed by atoms with E-state index in [-0.39, 0.29) is 18.3 Å². The van der Waals surface area contributed by atoms with Crippen molar-refractivity contribution in [1.82, 2.24) is 14.8 Å². The molecule has 0 aliphatic heterocycles. The summed E-state index contributed by atoms with van der Waals surface area (Å²) < 4.78 is 1.24. The molecule has 27 heavy (non-hydrogen) atoms. The van der Waals surface area contributed by atoms with Gasteiger partial charge in [-0.15, -0.1) is 5.10 Å². The minimum absolute atomic E-state index is 0.0226. The molecule has 0 aliphatic rings. The number of nitrogens with zero attached hydrogens (tertiary/aromatic N) is 4. The number of carbonyl (C=O) groups is 2. The van der Waals surface area contributed by atoms with E-state index in [0.29, 0.717) is 22.0 Å². The Hall–Kier alpha value is -3.70. The Morgan fingerprint density at radius 1 is 1.11 bits per heavy atom. The normalized spacial score (nSPS) is 10.1. The molecule has 3 aromatic rings. The summed E-state index contributed by atoms with van der Waals surface area (Å²) >= 11 is 5.84. The zero-order valence-corrected chi connectivity index (χ0v) is 14.6. The van der Waals surface area contributed by atoms with E-state index in [2.05, 4.69) is 20.7 Å². The molecule has 0 aliphatic carbocycles. The fourth-order valence-electron chi connectivity index (χ4n) is 2.28. The van der Waals surface area contributed by atoms with Gasteiger partial charge in [-0.3, -0.25) is 9.59 Å². The Balaban J connectivity index is 1.71. The highest BCUT2D eigenvalue weighted by molar-refractivity contribution is 6.30. The van der Waals surface area contributed by atoms with Crippen LogP contribution in [0, 0.1) is 11.3 Å². The van der Waals surface area contributed by atoms with Gasteiger partial charge in [0.1, 0.15) is 18.9 Å². The number of benzene rings is 2. The van der Waals surface area contributed by atoms with Crippen LogP contribution in [-0.2, 0) is 11.3 Å². The van der Waals surface area contributed by atoms with Gasteiger partial charge in [0.05, 0.1) is 11.3 Å². The average Bonchev–Trinajstić information content (AvgIpc) is 3.11. The van der Waals surface area contributed by atoms with Gasteiger partial charge >= 0.3 is 0 Å². The van der Waals surface area contributed by atoms with Crippen molar-refractivity contribution < 1.29 is 9.59 Å². The summed E-state index contributed by atoms with van der Waals surface area (Å²) in [6.45, 7) is -0.137. The van der Waals surface area contributed by atoms with Crippen LogP contribution >= 0.6 is 11.6 Å². The lowest BCUT2D eigenvalue weighted by molar-refractivity contribution is -0.116. The summed E-state index contributed by atoms with van der Waals surface area (Å²) in [5, 5.41) is 18.5. The molecule has 3 rings (SSSR count). The molecule has 1 aromatic heterocycles. The van der Waals surface area contributed by atoms with E-state index in [4.69, 9.17) is 16.9 Å². The van der Waals surface area contributed by atoms with Gasteiger partial charge in [0, 0.05) is 10.7 Å². The van der Waals surface area contributed by atoms with Gasteiger partial charge in [-0.05, 0) is 36.4 Å². The zero-order valence-electron chi connectivity index (χ0n) is 13.9. The smallest absolute Gasteiger partial charge is 0.257 e. The van der Waals surface area contributed by atoms with Crippen LogP contribution in [0.15, 0.2) is 54.9 Å². The van der Waals surface area contributed by atoms with Crippen molar-refractivity contribution in [2.24, 2.45) is 0 Å². The number of hydrogen-bond donors (Lipinski definition) is 2.